The van der Waals surface area contributed by atoms with Crippen molar-refractivity contribution in [3.8, 4) is 23.0 Å². The Balaban J connectivity index is 2.04. The zero-order chi connectivity index (χ0) is 40.3. The van der Waals surface area contributed by atoms with Gasteiger partial charge in [0.15, 0.2) is 23.0 Å². The highest BCUT2D eigenvalue weighted by Crippen LogP contribution is 2.53. The average Bonchev–Trinajstić information content (AvgIpc) is 3.07. The van der Waals surface area contributed by atoms with E-state index >= 15 is 0 Å². The van der Waals surface area contributed by atoms with Gasteiger partial charge in [0.1, 0.15) is 0 Å². The van der Waals surface area contributed by atoms with Crippen LogP contribution < -0.4 is 39.4 Å². The number of fused-ring (bicyclic) bond motifs is 8. The minimum Gasteiger partial charge on any atom is -0.492 e. The Morgan fingerprint density at radius 2 is 0.574 bits per heavy atom. The van der Waals surface area contributed by atoms with E-state index in [1.165, 1.54) is 0 Å². The Kier molecular flexibility index (Phi) is 10.6. The van der Waals surface area contributed by atoms with Gasteiger partial charge in [0.25, 0.3) is 0 Å². The number of rotatable bonds is 4. The Bertz CT molecular complexity index is 1920. The molecule has 0 unspecified atom stereocenters. The van der Waals surface area contributed by atoms with E-state index in [1.807, 2.05) is 0 Å². The molecule has 0 saturated heterocycles. The summed E-state index contributed by atoms with van der Waals surface area (Å²) in [6, 6.07) is 17.7. The van der Waals surface area contributed by atoms with E-state index in [0.29, 0.717) is 17.2 Å². The number of nitrogens with one attached hydrogen (secondary N) is 2. The molecule has 0 spiro atoms. The second-order valence-electron chi connectivity index (χ2n) is 18.7. The highest BCUT2D eigenvalue weighted by Gasteiger charge is 2.31. The highest BCUT2D eigenvalue weighted by molar-refractivity contribution is 5.91. The van der Waals surface area contributed by atoms with Gasteiger partial charge in [-0.05, 0) is 92.4 Å². The molecule has 292 valence electrons. The molecule has 0 aromatic heterocycles. The predicted octanol–water partition coefficient (Wildman–Crippen LogP) is 12.2. The van der Waals surface area contributed by atoms with E-state index in [4.69, 9.17) is 18.9 Å². The lowest BCUT2D eigenvalue weighted by atomic mass is 9.84. The minimum absolute atomic E-state index is 0.170. The molecule has 4 aromatic carbocycles. The number of methoxy groups -OCH3 is 4. The monoisotopic (exact) mass is 736 g/mol. The molecule has 0 atom stereocenters. The van der Waals surface area contributed by atoms with Crippen molar-refractivity contribution in [2.24, 2.45) is 0 Å². The molecule has 1 aliphatic heterocycles. The molecule has 8 heteroatoms. The number of hydrogen-bond acceptors (Lipinski definition) is 8. The molecular formula is C46H64N4O4. The van der Waals surface area contributed by atoms with Crippen LogP contribution in [0.2, 0.25) is 0 Å². The van der Waals surface area contributed by atoms with Crippen LogP contribution in [-0.2, 0) is 21.7 Å². The first-order chi connectivity index (χ1) is 24.9. The van der Waals surface area contributed by atoms with Gasteiger partial charge >= 0.3 is 0 Å². The van der Waals surface area contributed by atoms with Gasteiger partial charge < -0.3 is 39.4 Å². The molecular weight excluding hydrogens is 673 g/mol. The van der Waals surface area contributed by atoms with Crippen molar-refractivity contribution < 1.29 is 18.9 Å². The first-order valence-electron chi connectivity index (χ1n) is 18.9. The zero-order valence-corrected chi connectivity index (χ0v) is 36.1. The van der Waals surface area contributed by atoms with Crippen LogP contribution in [0.15, 0.2) is 48.5 Å². The summed E-state index contributed by atoms with van der Waals surface area (Å²) in [4.78, 5) is 4.39. The highest BCUT2D eigenvalue weighted by atomic mass is 16.5. The molecule has 0 radical (unpaired) electrons. The Morgan fingerprint density at radius 1 is 0.352 bits per heavy atom. The lowest BCUT2D eigenvalue weighted by Gasteiger charge is -2.34. The maximum Gasteiger partial charge on any atom is 0.166 e. The van der Waals surface area contributed by atoms with Crippen LogP contribution in [0.3, 0.4) is 0 Å². The number of nitrogens with zero attached hydrogens (tertiary/aromatic N) is 2. The van der Waals surface area contributed by atoms with Gasteiger partial charge in [-0.15, -0.1) is 0 Å². The second-order valence-corrected chi connectivity index (χ2v) is 18.7. The smallest absolute Gasteiger partial charge is 0.166 e. The zero-order valence-electron chi connectivity index (χ0n) is 36.1. The summed E-state index contributed by atoms with van der Waals surface area (Å²) in [7, 11) is 11.1. The van der Waals surface area contributed by atoms with Crippen LogP contribution >= 0.6 is 0 Å². The number of ether oxygens (including phenoxy) is 4. The summed E-state index contributed by atoms with van der Waals surface area (Å²) >= 11 is 0. The van der Waals surface area contributed by atoms with Gasteiger partial charge in [0.2, 0.25) is 0 Å². The minimum atomic E-state index is -0.171. The third-order valence-corrected chi connectivity index (χ3v) is 10.5. The third kappa shape index (κ3) is 7.62. The molecule has 2 N–H and O–H groups in total. The molecule has 0 fully saturated rings. The number of anilines is 8. The van der Waals surface area contributed by atoms with Gasteiger partial charge in [-0.2, -0.15) is 0 Å². The summed E-state index contributed by atoms with van der Waals surface area (Å²) in [6.07, 6.45) is 0. The fourth-order valence-corrected chi connectivity index (χ4v) is 6.96. The van der Waals surface area contributed by atoms with Crippen LogP contribution in [0.1, 0.15) is 105 Å². The van der Waals surface area contributed by atoms with Crippen molar-refractivity contribution in [2.75, 3.05) is 63.0 Å². The topological polar surface area (TPSA) is 67.5 Å². The standard InChI is InChI=1S/C46H64N4O4/c1-43(2,3)27-19-31-39(51-15)32(20-27)48-34-22-29(45(7,8)9)24-36(41(34)53-17)50(14)38-26-30(46(10,11)12)25-37(42(38)54-18)49(13)35-23-28(44(4,5)6)21-33(47-31)40(35)52-16/h19-26,47-48H,1-18H3. The Labute approximate surface area is 325 Å². The van der Waals surface area contributed by atoms with Crippen LogP contribution in [0, 0.1) is 0 Å². The normalized spacial score (nSPS) is 13.6. The maximum absolute atomic E-state index is 6.41. The van der Waals surface area contributed by atoms with Crippen molar-refractivity contribution in [3.05, 3.63) is 70.8 Å². The van der Waals surface area contributed by atoms with Crippen molar-refractivity contribution in [2.45, 2.75) is 105 Å². The largest absolute Gasteiger partial charge is 0.492 e. The summed E-state index contributed by atoms with van der Waals surface area (Å²) < 4.78 is 25.4. The summed E-state index contributed by atoms with van der Waals surface area (Å²) in [5.74, 6) is 2.82. The summed E-state index contributed by atoms with van der Waals surface area (Å²) in [5.41, 5.74) is 10.8. The van der Waals surface area contributed by atoms with Gasteiger partial charge in [-0.3, -0.25) is 0 Å². The molecule has 0 saturated carbocycles. The van der Waals surface area contributed by atoms with E-state index < -0.39 is 0 Å². The molecule has 8 bridgehead atoms. The third-order valence-electron chi connectivity index (χ3n) is 10.5. The predicted molar refractivity (Wildman–Crippen MR) is 229 cm³/mol. The molecule has 54 heavy (non-hydrogen) atoms. The van der Waals surface area contributed by atoms with Crippen LogP contribution in [-0.4, -0.2) is 42.5 Å². The molecule has 0 amide bonds. The van der Waals surface area contributed by atoms with Gasteiger partial charge in [0, 0.05) is 14.1 Å². The second kappa shape index (κ2) is 14.2. The molecule has 4 aromatic rings. The van der Waals surface area contributed by atoms with E-state index in [0.717, 1.165) is 73.5 Å². The van der Waals surface area contributed by atoms with E-state index in [-0.39, 0.29) is 21.7 Å². The molecule has 1 aliphatic rings. The number of hydrogen-bond donors (Lipinski definition) is 2. The van der Waals surface area contributed by atoms with E-state index in [9.17, 15) is 0 Å². The maximum atomic E-state index is 6.41. The average molecular weight is 737 g/mol. The van der Waals surface area contributed by atoms with Crippen LogP contribution in [0.5, 0.6) is 23.0 Å². The fourth-order valence-electron chi connectivity index (χ4n) is 6.96. The lowest BCUT2D eigenvalue weighted by molar-refractivity contribution is 0.411. The quantitative estimate of drug-likeness (QED) is 0.215. The first kappa shape index (κ1) is 40.5. The van der Waals surface area contributed by atoms with Crippen LogP contribution in [0.4, 0.5) is 45.5 Å². The van der Waals surface area contributed by atoms with Crippen molar-refractivity contribution in [1.82, 2.24) is 0 Å². The summed E-state index contributed by atoms with van der Waals surface area (Å²) in [5, 5.41) is 7.62. The van der Waals surface area contributed by atoms with Crippen molar-refractivity contribution >= 4 is 45.5 Å². The van der Waals surface area contributed by atoms with Gasteiger partial charge in [0.05, 0.1) is 73.9 Å². The molecule has 5 rings (SSSR count). The van der Waals surface area contributed by atoms with E-state index in [2.05, 4.69) is 166 Å². The van der Waals surface area contributed by atoms with Gasteiger partial charge in [-0.1, -0.05) is 83.1 Å². The Morgan fingerprint density at radius 3 is 0.833 bits per heavy atom. The molecule has 0 aliphatic carbocycles. The van der Waals surface area contributed by atoms with Gasteiger partial charge in [-0.25, -0.2) is 0 Å². The fraction of sp³-hybridized carbons (Fsp3) is 0.478. The van der Waals surface area contributed by atoms with Crippen molar-refractivity contribution in [1.29, 1.82) is 0 Å². The van der Waals surface area contributed by atoms with Crippen molar-refractivity contribution in [3.63, 3.8) is 0 Å². The number of benzene rings is 4. The van der Waals surface area contributed by atoms with Crippen LogP contribution in [0.25, 0.3) is 0 Å². The first-order valence-corrected chi connectivity index (χ1v) is 18.9. The summed E-state index contributed by atoms with van der Waals surface area (Å²) in [6.45, 7) is 26.8. The SMILES string of the molecule is COc1c2cc(C(C)(C)C)cc1Nc1cc(C(C)(C)C)cc(c1OC)N(C)c1cc(C(C)(C)C)cc(c1OC)N(C)c1cc(C(C)(C)C)cc(c1OC)N2. The molecule has 1 heterocycles. The lowest BCUT2D eigenvalue weighted by Crippen LogP contribution is -2.21. The molecule has 8 nitrogen and oxygen atoms in total. The van der Waals surface area contributed by atoms with E-state index in [1.54, 1.807) is 28.4 Å². The Hall–Kier alpha value is -4.72.